The maximum Gasteiger partial charge on any atom is 0.271 e. The number of hydrogen-bond acceptors (Lipinski definition) is 5. The standard InChI is InChI=1S/C27H23ClN2O4/c1-32-25-13-11-20(15-26(25)33-2)27(31)30-29-16-18-10-12-24(23(28)14-18)34-17-21-8-5-7-19-6-3-4-9-22(19)21/h3-16H,17H2,1-2H3,(H,30,31)/b29-16+. The molecule has 1 amide bonds. The Bertz CT molecular complexity index is 1350. The van der Waals surface area contributed by atoms with E-state index in [1.165, 1.54) is 20.4 Å². The fourth-order valence-corrected chi connectivity index (χ4v) is 3.74. The molecule has 172 valence electrons. The predicted molar refractivity (Wildman–Crippen MR) is 134 cm³/mol. The summed E-state index contributed by atoms with van der Waals surface area (Å²) in [6.07, 6.45) is 1.51. The number of rotatable bonds is 8. The first kappa shape index (κ1) is 23.1. The van der Waals surface area contributed by atoms with Crippen molar-refractivity contribution in [1.29, 1.82) is 0 Å². The third kappa shape index (κ3) is 5.30. The Morgan fingerprint density at radius 3 is 2.47 bits per heavy atom. The Balaban J connectivity index is 1.38. The lowest BCUT2D eigenvalue weighted by Crippen LogP contribution is -2.17. The lowest BCUT2D eigenvalue weighted by Gasteiger charge is -2.11. The normalized spacial score (nSPS) is 10.9. The minimum absolute atomic E-state index is 0.377. The molecule has 0 atom stereocenters. The van der Waals surface area contributed by atoms with Gasteiger partial charge in [0, 0.05) is 5.56 Å². The lowest BCUT2D eigenvalue weighted by atomic mass is 10.1. The molecular weight excluding hydrogens is 452 g/mol. The number of amides is 1. The SMILES string of the molecule is COc1ccc(C(=O)N/N=C/c2ccc(OCc3cccc4ccccc34)c(Cl)c2)cc1OC. The summed E-state index contributed by atoms with van der Waals surface area (Å²) in [7, 11) is 3.05. The number of fused-ring (bicyclic) bond motifs is 1. The molecule has 0 bridgehead atoms. The number of methoxy groups -OCH3 is 2. The highest BCUT2D eigenvalue weighted by molar-refractivity contribution is 6.32. The molecule has 0 unspecified atom stereocenters. The first-order chi connectivity index (χ1) is 16.6. The molecule has 4 aromatic rings. The fraction of sp³-hybridized carbons (Fsp3) is 0.111. The quantitative estimate of drug-likeness (QED) is 0.257. The zero-order chi connectivity index (χ0) is 23.9. The van der Waals surface area contributed by atoms with E-state index in [-0.39, 0.29) is 5.91 Å². The summed E-state index contributed by atoms with van der Waals surface area (Å²) in [4.78, 5) is 12.4. The minimum Gasteiger partial charge on any atom is -0.493 e. The maximum absolute atomic E-state index is 12.4. The van der Waals surface area contributed by atoms with E-state index in [0.29, 0.717) is 34.4 Å². The van der Waals surface area contributed by atoms with E-state index in [4.69, 9.17) is 25.8 Å². The minimum atomic E-state index is -0.377. The van der Waals surface area contributed by atoms with E-state index in [1.807, 2.05) is 30.3 Å². The lowest BCUT2D eigenvalue weighted by molar-refractivity contribution is 0.0954. The van der Waals surface area contributed by atoms with Gasteiger partial charge in [0.2, 0.25) is 0 Å². The molecule has 6 nitrogen and oxygen atoms in total. The number of ether oxygens (including phenoxy) is 3. The summed E-state index contributed by atoms with van der Waals surface area (Å²) in [5, 5.41) is 6.78. The second-order valence-electron chi connectivity index (χ2n) is 7.39. The van der Waals surface area contributed by atoms with Crippen LogP contribution in [0.1, 0.15) is 21.5 Å². The number of benzene rings is 4. The number of carbonyl (C=O) groups excluding carboxylic acids is 1. The molecule has 0 saturated heterocycles. The second-order valence-corrected chi connectivity index (χ2v) is 7.79. The number of hydrogen-bond donors (Lipinski definition) is 1. The molecule has 0 aliphatic carbocycles. The molecule has 4 rings (SSSR count). The highest BCUT2D eigenvalue weighted by Crippen LogP contribution is 2.28. The Labute approximate surface area is 202 Å². The van der Waals surface area contributed by atoms with Crippen molar-refractivity contribution < 1.29 is 19.0 Å². The fourth-order valence-electron chi connectivity index (χ4n) is 3.50. The maximum atomic E-state index is 12.4. The van der Waals surface area contributed by atoms with Crippen molar-refractivity contribution >= 4 is 34.5 Å². The molecule has 0 saturated carbocycles. The van der Waals surface area contributed by atoms with Gasteiger partial charge in [-0.15, -0.1) is 0 Å². The summed E-state index contributed by atoms with van der Waals surface area (Å²) >= 11 is 6.41. The van der Waals surface area contributed by atoms with E-state index in [9.17, 15) is 4.79 Å². The van der Waals surface area contributed by atoms with Gasteiger partial charge in [0.25, 0.3) is 5.91 Å². The van der Waals surface area contributed by atoms with Crippen LogP contribution in [0.5, 0.6) is 17.2 Å². The van der Waals surface area contributed by atoms with Crippen LogP contribution in [0.15, 0.2) is 84.0 Å². The molecule has 4 aromatic carbocycles. The predicted octanol–water partition coefficient (Wildman–Crippen LogP) is 5.85. The van der Waals surface area contributed by atoms with Crippen LogP contribution in [0.2, 0.25) is 5.02 Å². The first-order valence-electron chi connectivity index (χ1n) is 10.5. The van der Waals surface area contributed by atoms with Crippen molar-refractivity contribution in [3.8, 4) is 17.2 Å². The van der Waals surface area contributed by atoms with Crippen LogP contribution in [0.4, 0.5) is 0 Å². The van der Waals surface area contributed by atoms with Crippen LogP contribution in [0.25, 0.3) is 10.8 Å². The average molecular weight is 475 g/mol. The number of nitrogens with zero attached hydrogens (tertiary/aromatic N) is 1. The molecule has 34 heavy (non-hydrogen) atoms. The van der Waals surface area contributed by atoms with E-state index in [0.717, 1.165) is 21.9 Å². The van der Waals surface area contributed by atoms with Gasteiger partial charge in [0.15, 0.2) is 11.5 Å². The van der Waals surface area contributed by atoms with E-state index < -0.39 is 0 Å². The van der Waals surface area contributed by atoms with E-state index in [2.05, 4.69) is 28.7 Å². The zero-order valence-corrected chi connectivity index (χ0v) is 19.5. The van der Waals surface area contributed by atoms with Crippen molar-refractivity contribution in [3.63, 3.8) is 0 Å². The summed E-state index contributed by atoms with van der Waals surface area (Å²) in [5.74, 6) is 1.20. The monoisotopic (exact) mass is 474 g/mol. The van der Waals surface area contributed by atoms with Gasteiger partial charge in [0.05, 0.1) is 25.5 Å². The van der Waals surface area contributed by atoms with Crippen LogP contribution < -0.4 is 19.6 Å². The van der Waals surface area contributed by atoms with E-state index in [1.54, 1.807) is 30.3 Å². The molecule has 0 heterocycles. The van der Waals surface area contributed by atoms with Crippen LogP contribution in [-0.4, -0.2) is 26.3 Å². The Hall–Kier alpha value is -4.03. The summed E-state index contributed by atoms with van der Waals surface area (Å²) in [6, 6.07) is 24.5. The third-order valence-electron chi connectivity index (χ3n) is 5.24. The van der Waals surface area contributed by atoms with Gasteiger partial charge in [-0.2, -0.15) is 5.10 Å². The Morgan fingerprint density at radius 2 is 1.68 bits per heavy atom. The van der Waals surface area contributed by atoms with Crippen molar-refractivity contribution in [2.75, 3.05) is 14.2 Å². The smallest absolute Gasteiger partial charge is 0.271 e. The molecular formula is C27H23ClN2O4. The number of halogens is 1. The third-order valence-corrected chi connectivity index (χ3v) is 5.54. The summed E-state index contributed by atoms with van der Waals surface area (Å²) in [5.41, 5.74) is 4.69. The van der Waals surface area contributed by atoms with Crippen LogP contribution in [0, 0.1) is 0 Å². The van der Waals surface area contributed by atoms with Crippen molar-refractivity contribution in [2.45, 2.75) is 6.61 Å². The van der Waals surface area contributed by atoms with Gasteiger partial charge in [-0.25, -0.2) is 5.43 Å². The largest absolute Gasteiger partial charge is 0.493 e. The van der Waals surface area contributed by atoms with Crippen molar-refractivity contribution in [3.05, 3.63) is 101 Å². The van der Waals surface area contributed by atoms with Gasteiger partial charge < -0.3 is 14.2 Å². The van der Waals surface area contributed by atoms with E-state index >= 15 is 0 Å². The first-order valence-corrected chi connectivity index (χ1v) is 10.9. The van der Waals surface area contributed by atoms with Crippen LogP contribution >= 0.6 is 11.6 Å². The van der Waals surface area contributed by atoms with Gasteiger partial charge in [-0.3, -0.25) is 4.79 Å². The number of hydrazone groups is 1. The number of carbonyl (C=O) groups is 1. The van der Waals surface area contributed by atoms with Crippen LogP contribution in [0.3, 0.4) is 0 Å². The molecule has 0 spiro atoms. The second kappa shape index (κ2) is 10.7. The Morgan fingerprint density at radius 1 is 0.912 bits per heavy atom. The van der Waals surface area contributed by atoms with Gasteiger partial charge in [0.1, 0.15) is 12.4 Å². The molecule has 0 aliphatic heterocycles. The van der Waals surface area contributed by atoms with Gasteiger partial charge in [-0.1, -0.05) is 54.1 Å². The summed E-state index contributed by atoms with van der Waals surface area (Å²) in [6.45, 7) is 0.399. The van der Waals surface area contributed by atoms with Crippen LogP contribution in [-0.2, 0) is 6.61 Å². The average Bonchev–Trinajstić information content (AvgIpc) is 2.87. The molecule has 0 fully saturated rings. The number of nitrogens with one attached hydrogen (secondary N) is 1. The molecule has 0 radical (unpaired) electrons. The van der Waals surface area contributed by atoms with Gasteiger partial charge in [-0.05, 0) is 58.3 Å². The molecule has 0 aliphatic rings. The van der Waals surface area contributed by atoms with Crippen molar-refractivity contribution in [2.24, 2.45) is 5.10 Å². The molecule has 7 heteroatoms. The van der Waals surface area contributed by atoms with Gasteiger partial charge >= 0.3 is 0 Å². The topological polar surface area (TPSA) is 69.2 Å². The molecule has 0 aromatic heterocycles. The zero-order valence-electron chi connectivity index (χ0n) is 18.7. The molecule has 1 N–H and O–H groups in total. The Kier molecular flexibility index (Phi) is 7.30. The highest BCUT2D eigenvalue weighted by atomic mass is 35.5. The summed E-state index contributed by atoms with van der Waals surface area (Å²) < 4.78 is 16.4. The van der Waals surface area contributed by atoms with Crippen molar-refractivity contribution in [1.82, 2.24) is 5.43 Å². The highest BCUT2D eigenvalue weighted by Gasteiger charge is 2.10.